The minimum Gasteiger partial charge on any atom is -0.378 e. The molecule has 2 N–H and O–H groups in total. The quantitative estimate of drug-likeness (QED) is 0.447. The molecular formula is C21H20N4O5. The molecule has 30 heavy (non-hydrogen) atoms. The van der Waals surface area contributed by atoms with Crippen LogP contribution < -0.4 is 15.5 Å². The van der Waals surface area contributed by atoms with Crippen molar-refractivity contribution in [3.8, 4) is 0 Å². The van der Waals surface area contributed by atoms with Gasteiger partial charge >= 0.3 is 6.03 Å². The summed E-state index contributed by atoms with van der Waals surface area (Å²) in [6.45, 7) is 2.93. The maximum atomic E-state index is 13.2. The molecule has 1 saturated heterocycles. The van der Waals surface area contributed by atoms with Gasteiger partial charge in [0.05, 0.1) is 24.2 Å². The zero-order chi connectivity index (χ0) is 21.1. The third-order valence-electron chi connectivity index (χ3n) is 5.13. The SMILES string of the molecule is O=C1NC=C(C(=O)c2ccc(N3CCOCC3)cc2)C(c2cccc([N+](=O)[O-])c2)N1. The molecule has 2 heterocycles. The predicted molar refractivity (Wildman–Crippen MR) is 109 cm³/mol. The molecule has 0 aromatic heterocycles. The van der Waals surface area contributed by atoms with E-state index in [2.05, 4.69) is 15.5 Å². The van der Waals surface area contributed by atoms with Gasteiger partial charge in [0.1, 0.15) is 0 Å². The number of hydrogen-bond acceptors (Lipinski definition) is 6. The molecule has 1 atom stereocenters. The lowest BCUT2D eigenvalue weighted by atomic mass is 9.91. The molecule has 4 rings (SSSR count). The van der Waals surface area contributed by atoms with Crippen LogP contribution in [-0.2, 0) is 4.74 Å². The number of benzene rings is 2. The molecule has 0 bridgehead atoms. The number of amides is 2. The van der Waals surface area contributed by atoms with Gasteiger partial charge in [0.2, 0.25) is 0 Å². The molecule has 2 aromatic carbocycles. The molecule has 0 saturated carbocycles. The van der Waals surface area contributed by atoms with Gasteiger partial charge in [-0.15, -0.1) is 0 Å². The van der Waals surface area contributed by atoms with Crippen LogP contribution in [0.5, 0.6) is 0 Å². The number of nitro benzene ring substituents is 1. The topological polar surface area (TPSA) is 114 Å². The van der Waals surface area contributed by atoms with E-state index in [1.807, 2.05) is 12.1 Å². The van der Waals surface area contributed by atoms with Gasteiger partial charge < -0.3 is 20.3 Å². The zero-order valence-corrected chi connectivity index (χ0v) is 16.0. The van der Waals surface area contributed by atoms with Gasteiger partial charge in [-0.1, -0.05) is 12.1 Å². The van der Waals surface area contributed by atoms with E-state index < -0.39 is 17.0 Å². The number of morpholine rings is 1. The van der Waals surface area contributed by atoms with Crippen LogP contribution in [0, 0.1) is 10.1 Å². The van der Waals surface area contributed by atoms with Gasteiger partial charge in [0.15, 0.2) is 5.78 Å². The highest BCUT2D eigenvalue weighted by atomic mass is 16.6. The Morgan fingerprint density at radius 1 is 1.13 bits per heavy atom. The summed E-state index contributed by atoms with van der Waals surface area (Å²) < 4.78 is 5.36. The van der Waals surface area contributed by atoms with Crippen molar-refractivity contribution in [1.82, 2.24) is 10.6 Å². The number of carbonyl (C=O) groups excluding carboxylic acids is 2. The van der Waals surface area contributed by atoms with Crippen molar-refractivity contribution in [2.45, 2.75) is 6.04 Å². The summed E-state index contributed by atoms with van der Waals surface area (Å²) in [5.41, 5.74) is 2.13. The second-order valence-corrected chi connectivity index (χ2v) is 6.98. The maximum Gasteiger partial charge on any atom is 0.319 e. The number of ketones is 1. The summed E-state index contributed by atoms with van der Waals surface area (Å²) in [6, 6.07) is 11.9. The Morgan fingerprint density at radius 2 is 1.87 bits per heavy atom. The molecular weight excluding hydrogens is 388 g/mol. The number of non-ortho nitro benzene ring substituents is 1. The number of nitrogens with zero attached hydrogens (tertiary/aromatic N) is 2. The van der Waals surface area contributed by atoms with E-state index in [0.717, 1.165) is 18.8 Å². The van der Waals surface area contributed by atoms with Gasteiger partial charge in [-0.2, -0.15) is 0 Å². The monoisotopic (exact) mass is 408 g/mol. The minimum atomic E-state index is -0.787. The lowest BCUT2D eigenvalue weighted by Gasteiger charge is -2.29. The number of urea groups is 1. The number of nitro groups is 1. The number of Topliss-reactive ketones (excluding diaryl/α,β-unsaturated/α-hetero) is 1. The van der Waals surface area contributed by atoms with Crippen molar-refractivity contribution in [1.29, 1.82) is 0 Å². The Hall–Kier alpha value is -3.72. The number of anilines is 1. The summed E-state index contributed by atoms with van der Waals surface area (Å²) in [5, 5.41) is 16.3. The van der Waals surface area contributed by atoms with Gasteiger partial charge in [0, 0.05) is 48.2 Å². The number of ether oxygens (including phenoxy) is 1. The molecule has 1 fully saturated rings. The standard InChI is InChI=1S/C21H20N4O5/c26-20(14-4-6-16(7-5-14)24-8-10-30-11-9-24)18-13-22-21(27)23-19(18)15-2-1-3-17(12-15)25(28)29/h1-7,12-13,19H,8-11H2,(H2,22,23,27). The maximum absolute atomic E-state index is 13.2. The lowest BCUT2D eigenvalue weighted by Crippen LogP contribution is -2.42. The molecule has 2 aliphatic rings. The van der Waals surface area contributed by atoms with E-state index in [-0.39, 0.29) is 11.5 Å². The number of carbonyl (C=O) groups is 2. The summed E-state index contributed by atoms with van der Waals surface area (Å²) in [6.07, 6.45) is 1.36. The fourth-order valence-corrected chi connectivity index (χ4v) is 3.57. The van der Waals surface area contributed by atoms with Crippen LogP contribution in [0.3, 0.4) is 0 Å². The van der Waals surface area contributed by atoms with Crippen LogP contribution in [0.1, 0.15) is 22.0 Å². The Kier molecular flexibility index (Phi) is 5.44. The van der Waals surface area contributed by atoms with E-state index in [9.17, 15) is 19.7 Å². The first kappa shape index (κ1) is 19.6. The molecule has 9 heteroatoms. The third-order valence-corrected chi connectivity index (χ3v) is 5.13. The normalized spacial score (nSPS) is 18.8. The second kappa shape index (κ2) is 8.34. The van der Waals surface area contributed by atoms with Gasteiger partial charge in [-0.3, -0.25) is 14.9 Å². The molecule has 0 aliphatic carbocycles. The van der Waals surface area contributed by atoms with Crippen LogP contribution in [-0.4, -0.2) is 43.0 Å². The van der Waals surface area contributed by atoms with E-state index in [1.165, 1.54) is 24.4 Å². The third kappa shape index (κ3) is 4.01. The van der Waals surface area contributed by atoms with E-state index >= 15 is 0 Å². The van der Waals surface area contributed by atoms with E-state index in [1.54, 1.807) is 18.2 Å². The highest BCUT2D eigenvalue weighted by molar-refractivity contribution is 6.10. The number of rotatable bonds is 5. The van der Waals surface area contributed by atoms with Crippen molar-refractivity contribution < 1.29 is 19.2 Å². The molecule has 0 spiro atoms. The summed E-state index contributed by atoms with van der Waals surface area (Å²) >= 11 is 0. The van der Waals surface area contributed by atoms with Crippen LogP contribution in [0.15, 0.2) is 60.3 Å². The lowest BCUT2D eigenvalue weighted by molar-refractivity contribution is -0.384. The Bertz CT molecular complexity index is 1010. The Morgan fingerprint density at radius 3 is 2.57 bits per heavy atom. The fourth-order valence-electron chi connectivity index (χ4n) is 3.57. The van der Waals surface area contributed by atoms with Crippen LogP contribution >= 0.6 is 0 Å². The first-order valence-electron chi connectivity index (χ1n) is 9.52. The summed E-state index contributed by atoms with van der Waals surface area (Å²) in [4.78, 5) is 37.8. The number of nitrogens with one attached hydrogen (secondary N) is 2. The molecule has 154 valence electrons. The smallest absolute Gasteiger partial charge is 0.319 e. The van der Waals surface area contributed by atoms with Crippen molar-refractivity contribution >= 4 is 23.2 Å². The molecule has 2 aliphatic heterocycles. The Labute approximate surface area is 172 Å². The highest BCUT2D eigenvalue weighted by Crippen LogP contribution is 2.29. The average molecular weight is 408 g/mol. The molecule has 0 radical (unpaired) electrons. The van der Waals surface area contributed by atoms with Crippen molar-refractivity contribution in [3.63, 3.8) is 0 Å². The molecule has 9 nitrogen and oxygen atoms in total. The van der Waals surface area contributed by atoms with Gasteiger partial charge in [-0.25, -0.2) is 4.79 Å². The van der Waals surface area contributed by atoms with E-state index in [4.69, 9.17) is 4.74 Å². The van der Waals surface area contributed by atoms with E-state index in [0.29, 0.717) is 29.9 Å². The fraction of sp³-hybridized carbons (Fsp3) is 0.238. The largest absolute Gasteiger partial charge is 0.378 e. The Balaban J connectivity index is 1.60. The van der Waals surface area contributed by atoms with Crippen LogP contribution in [0.4, 0.5) is 16.2 Å². The van der Waals surface area contributed by atoms with Gasteiger partial charge in [0.25, 0.3) is 5.69 Å². The van der Waals surface area contributed by atoms with Crippen molar-refractivity contribution in [3.05, 3.63) is 81.5 Å². The molecule has 1 unspecified atom stereocenters. The van der Waals surface area contributed by atoms with Crippen LogP contribution in [0.25, 0.3) is 0 Å². The van der Waals surface area contributed by atoms with Crippen LogP contribution in [0.2, 0.25) is 0 Å². The minimum absolute atomic E-state index is 0.109. The predicted octanol–water partition coefficient (Wildman–Crippen LogP) is 2.55. The second-order valence-electron chi connectivity index (χ2n) is 6.98. The highest BCUT2D eigenvalue weighted by Gasteiger charge is 2.29. The summed E-state index contributed by atoms with van der Waals surface area (Å²) in [5.74, 6) is -0.271. The average Bonchev–Trinajstić information content (AvgIpc) is 2.79. The number of hydrogen-bond donors (Lipinski definition) is 2. The molecule has 2 aromatic rings. The van der Waals surface area contributed by atoms with Crippen molar-refractivity contribution in [2.24, 2.45) is 0 Å². The van der Waals surface area contributed by atoms with Crippen molar-refractivity contribution in [2.75, 3.05) is 31.2 Å². The zero-order valence-electron chi connectivity index (χ0n) is 16.0. The van der Waals surface area contributed by atoms with Gasteiger partial charge in [-0.05, 0) is 29.8 Å². The molecule has 2 amide bonds. The summed E-state index contributed by atoms with van der Waals surface area (Å²) in [7, 11) is 0. The first-order chi connectivity index (χ1) is 14.5. The first-order valence-corrected chi connectivity index (χ1v) is 9.52.